The Morgan fingerprint density at radius 1 is 1.55 bits per heavy atom. The molecule has 9 heteroatoms. The van der Waals surface area contributed by atoms with E-state index < -0.39 is 16.1 Å². The highest BCUT2D eigenvalue weighted by atomic mass is 32.2. The summed E-state index contributed by atoms with van der Waals surface area (Å²) in [6.45, 7) is 2.06. The number of rotatable bonds is 5. The Hall–Kier alpha value is -2.13. The Labute approximate surface area is 128 Å². The molecule has 0 aromatic carbocycles. The molecule has 120 valence electrons. The number of carbonyl (C=O) groups excluding carboxylic acids is 1. The molecule has 22 heavy (non-hydrogen) atoms. The van der Waals surface area contributed by atoms with Gasteiger partial charge < -0.3 is 14.5 Å². The second-order valence-corrected chi connectivity index (χ2v) is 6.38. The van der Waals surface area contributed by atoms with Gasteiger partial charge in [0.1, 0.15) is 11.4 Å². The first-order valence-corrected chi connectivity index (χ1v) is 7.89. The minimum Gasteiger partial charge on any atom is -0.463 e. The van der Waals surface area contributed by atoms with Crippen molar-refractivity contribution in [3.05, 3.63) is 35.9 Å². The van der Waals surface area contributed by atoms with E-state index in [1.54, 1.807) is 19.1 Å². The van der Waals surface area contributed by atoms with Gasteiger partial charge in [0, 0.05) is 20.2 Å². The van der Waals surface area contributed by atoms with Gasteiger partial charge in [0.25, 0.3) is 5.91 Å². The number of allylic oxidation sites excluding steroid dienone is 1. The molecule has 1 aliphatic heterocycles. The SMILES string of the molecule is COC[C@H](C)NC(=O)C1=CC(c2ccco2)=NS(=O)(=O)N1C. The predicted molar refractivity (Wildman–Crippen MR) is 79.5 cm³/mol. The van der Waals surface area contributed by atoms with Crippen molar-refractivity contribution < 1.29 is 22.4 Å². The Morgan fingerprint density at radius 3 is 2.86 bits per heavy atom. The molecule has 0 aliphatic carbocycles. The fourth-order valence-electron chi connectivity index (χ4n) is 1.89. The highest BCUT2D eigenvalue weighted by Gasteiger charge is 2.31. The molecular weight excluding hydrogens is 310 g/mol. The maximum atomic E-state index is 12.3. The number of nitrogens with zero attached hydrogens (tertiary/aromatic N) is 2. The number of hydrogen-bond donors (Lipinski definition) is 1. The maximum Gasteiger partial charge on any atom is 0.345 e. The molecule has 0 radical (unpaired) electrons. The summed E-state index contributed by atoms with van der Waals surface area (Å²) in [5, 5.41) is 2.66. The lowest BCUT2D eigenvalue weighted by Crippen LogP contribution is -2.42. The molecular formula is C13H17N3O5S. The third-order valence-corrected chi connectivity index (χ3v) is 4.29. The van der Waals surface area contributed by atoms with Gasteiger partial charge in [-0.3, -0.25) is 4.79 Å². The summed E-state index contributed by atoms with van der Waals surface area (Å²) in [5.74, 6) is -0.263. The minimum absolute atomic E-state index is 0.0376. The van der Waals surface area contributed by atoms with Crippen molar-refractivity contribution in [2.45, 2.75) is 13.0 Å². The largest absolute Gasteiger partial charge is 0.463 e. The van der Waals surface area contributed by atoms with Crippen LogP contribution in [0.25, 0.3) is 0 Å². The van der Waals surface area contributed by atoms with E-state index in [0.29, 0.717) is 6.61 Å². The molecule has 0 unspecified atom stereocenters. The number of furan rings is 1. The van der Waals surface area contributed by atoms with Gasteiger partial charge in [-0.05, 0) is 25.1 Å². The summed E-state index contributed by atoms with van der Waals surface area (Å²) in [7, 11) is -1.20. The first-order valence-electron chi connectivity index (χ1n) is 6.49. The van der Waals surface area contributed by atoms with E-state index in [2.05, 4.69) is 9.71 Å². The number of methoxy groups -OCH3 is 1. The summed E-state index contributed by atoms with van der Waals surface area (Å²) in [5.41, 5.74) is 0.0389. The van der Waals surface area contributed by atoms with Gasteiger partial charge in [-0.2, -0.15) is 8.42 Å². The summed E-state index contributed by atoms with van der Waals surface area (Å²) in [6, 6.07) is 2.91. The zero-order chi connectivity index (χ0) is 16.3. The van der Waals surface area contributed by atoms with Crippen molar-refractivity contribution in [1.29, 1.82) is 0 Å². The monoisotopic (exact) mass is 327 g/mol. The van der Waals surface area contributed by atoms with Crippen molar-refractivity contribution >= 4 is 21.8 Å². The highest BCUT2D eigenvalue weighted by molar-refractivity contribution is 7.88. The second kappa shape index (κ2) is 6.32. The van der Waals surface area contributed by atoms with Crippen LogP contribution in [0, 0.1) is 0 Å². The standard InChI is InChI=1S/C13H17N3O5S/c1-9(8-20-3)14-13(17)11-7-10(12-5-4-6-21-12)15-22(18,19)16(11)2/h4-7,9H,8H2,1-3H3,(H,14,17)/t9-/m0/s1. The van der Waals surface area contributed by atoms with Crippen LogP contribution in [-0.4, -0.2) is 51.1 Å². The molecule has 2 heterocycles. The third-order valence-electron chi connectivity index (χ3n) is 2.97. The van der Waals surface area contributed by atoms with E-state index in [0.717, 1.165) is 4.31 Å². The number of amides is 1. The molecule has 1 atom stereocenters. The summed E-state index contributed by atoms with van der Waals surface area (Å²) in [4.78, 5) is 12.3. The fourth-order valence-corrected chi connectivity index (χ4v) is 2.79. The number of carbonyl (C=O) groups is 1. The first-order chi connectivity index (χ1) is 10.3. The summed E-state index contributed by atoms with van der Waals surface area (Å²) >= 11 is 0. The Kier molecular flexibility index (Phi) is 4.67. The second-order valence-electron chi connectivity index (χ2n) is 4.76. The summed E-state index contributed by atoms with van der Waals surface area (Å²) in [6.07, 6.45) is 2.77. The zero-order valence-electron chi connectivity index (χ0n) is 12.4. The third kappa shape index (κ3) is 3.37. The van der Waals surface area contributed by atoms with E-state index in [1.807, 2.05) is 0 Å². The Balaban J connectivity index is 2.33. The minimum atomic E-state index is -3.98. The molecule has 0 saturated heterocycles. The highest BCUT2D eigenvalue weighted by Crippen LogP contribution is 2.19. The fraction of sp³-hybridized carbons (Fsp3) is 0.385. The predicted octanol–water partition coefficient (Wildman–Crippen LogP) is 0.294. The van der Waals surface area contributed by atoms with Crippen LogP contribution >= 0.6 is 0 Å². The molecule has 8 nitrogen and oxygen atoms in total. The van der Waals surface area contributed by atoms with Crippen molar-refractivity contribution in [2.75, 3.05) is 20.8 Å². The number of nitrogens with one attached hydrogen (secondary N) is 1. The Bertz CT molecular complexity index is 706. The van der Waals surface area contributed by atoms with Crippen LogP contribution < -0.4 is 5.32 Å². The zero-order valence-corrected chi connectivity index (χ0v) is 13.3. The lowest BCUT2D eigenvalue weighted by atomic mass is 10.2. The van der Waals surface area contributed by atoms with E-state index in [1.165, 1.54) is 26.5 Å². The molecule has 0 bridgehead atoms. The molecule has 1 N–H and O–H groups in total. The van der Waals surface area contributed by atoms with Crippen LogP contribution in [-0.2, 0) is 19.7 Å². The Morgan fingerprint density at radius 2 is 2.27 bits per heavy atom. The van der Waals surface area contributed by atoms with Crippen LogP contribution in [0.3, 0.4) is 0 Å². The molecule has 0 saturated carbocycles. The van der Waals surface area contributed by atoms with Gasteiger partial charge in [-0.1, -0.05) is 0 Å². The smallest absolute Gasteiger partial charge is 0.345 e. The van der Waals surface area contributed by atoms with Crippen molar-refractivity contribution in [1.82, 2.24) is 9.62 Å². The van der Waals surface area contributed by atoms with Gasteiger partial charge >= 0.3 is 10.2 Å². The number of ether oxygens (including phenoxy) is 1. The summed E-state index contributed by atoms with van der Waals surface area (Å²) < 4.78 is 38.7. The molecule has 1 amide bonds. The van der Waals surface area contributed by atoms with Crippen LogP contribution in [0.2, 0.25) is 0 Å². The number of likely N-dealkylation sites (N-methyl/N-ethyl adjacent to an activating group) is 1. The van der Waals surface area contributed by atoms with Crippen molar-refractivity contribution in [3.8, 4) is 0 Å². The molecule has 1 aromatic rings. The number of hydrogen-bond acceptors (Lipinski definition) is 5. The molecule has 0 fully saturated rings. The molecule has 0 spiro atoms. The quantitative estimate of drug-likeness (QED) is 0.838. The lowest BCUT2D eigenvalue weighted by molar-refractivity contribution is -0.119. The van der Waals surface area contributed by atoms with Crippen LogP contribution in [0.15, 0.2) is 39.0 Å². The molecule has 2 rings (SSSR count). The average Bonchev–Trinajstić information content (AvgIpc) is 2.95. The van der Waals surface area contributed by atoms with Gasteiger partial charge in [0.15, 0.2) is 5.76 Å². The van der Waals surface area contributed by atoms with Crippen LogP contribution in [0.5, 0.6) is 0 Å². The first kappa shape index (κ1) is 16.2. The van der Waals surface area contributed by atoms with E-state index >= 15 is 0 Å². The molecule has 1 aromatic heterocycles. The maximum absolute atomic E-state index is 12.3. The van der Waals surface area contributed by atoms with E-state index in [4.69, 9.17) is 9.15 Å². The van der Waals surface area contributed by atoms with Gasteiger partial charge in [0.2, 0.25) is 0 Å². The van der Waals surface area contributed by atoms with E-state index in [-0.39, 0.29) is 23.2 Å². The van der Waals surface area contributed by atoms with Crippen LogP contribution in [0.4, 0.5) is 0 Å². The van der Waals surface area contributed by atoms with Gasteiger partial charge in [-0.25, -0.2) is 4.31 Å². The van der Waals surface area contributed by atoms with Crippen molar-refractivity contribution in [3.63, 3.8) is 0 Å². The average molecular weight is 327 g/mol. The molecule has 1 aliphatic rings. The van der Waals surface area contributed by atoms with Gasteiger partial charge in [0.05, 0.1) is 12.9 Å². The van der Waals surface area contributed by atoms with Crippen LogP contribution in [0.1, 0.15) is 12.7 Å². The van der Waals surface area contributed by atoms with Crippen molar-refractivity contribution in [2.24, 2.45) is 4.40 Å². The topological polar surface area (TPSA) is 101 Å². The normalized spacial score (nSPS) is 18.4. The van der Waals surface area contributed by atoms with E-state index in [9.17, 15) is 13.2 Å². The van der Waals surface area contributed by atoms with Gasteiger partial charge in [-0.15, -0.1) is 4.40 Å². The lowest BCUT2D eigenvalue weighted by Gasteiger charge is -2.24.